The van der Waals surface area contributed by atoms with Crippen LogP contribution in [0.2, 0.25) is 0 Å². The molecule has 0 saturated heterocycles. The molecule has 2 aromatic rings. The highest BCUT2D eigenvalue weighted by molar-refractivity contribution is 5.57. The number of hydrogen-bond donors (Lipinski definition) is 0. The SMILES string of the molecule is C[C-]1N(c2ccc(N(C)C)cc2)Cc2cccc[n+]21. The Hall–Kier alpha value is -2.16. The molecule has 0 aliphatic carbocycles. The van der Waals surface area contributed by atoms with Gasteiger partial charge in [0.05, 0.1) is 12.7 Å². The normalized spacial score (nSPS) is 13.6. The molecule has 0 saturated carbocycles. The zero-order valence-corrected chi connectivity index (χ0v) is 11.7. The summed E-state index contributed by atoms with van der Waals surface area (Å²) in [4.78, 5) is 4.46. The molecule has 0 fully saturated rings. The van der Waals surface area contributed by atoms with Gasteiger partial charge in [0.1, 0.15) is 5.69 Å². The maximum Gasteiger partial charge on any atom is 0.154 e. The predicted octanol–water partition coefficient (Wildman–Crippen LogP) is 2.42. The maximum atomic E-state index is 2.34. The molecule has 1 aliphatic rings. The number of rotatable bonds is 2. The van der Waals surface area contributed by atoms with Crippen LogP contribution in [0.1, 0.15) is 12.6 Å². The van der Waals surface area contributed by atoms with E-state index < -0.39 is 0 Å². The van der Waals surface area contributed by atoms with E-state index in [0.717, 1.165) is 6.54 Å². The van der Waals surface area contributed by atoms with Gasteiger partial charge in [-0.05, 0) is 31.2 Å². The molecule has 1 aromatic heterocycles. The van der Waals surface area contributed by atoms with Crippen molar-refractivity contribution in [2.24, 2.45) is 0 Å². The molecule has 19 heavy (non-hydrogen) atoms. The highest BCUT2D eigenvalue weighted by Gasteiger charge is 2.26. The van der Waals surface area contributed by atoms with Gasteiger partial charge < -0.3 is 14.4 Å². The first kappa shape index (κ1) is 11.9. The minimum Gasteiger partial charge on any atom is -0.378 e. The second kappa shape index (κ2) is 4.50. The van der Waals surface area contributed by atoms with Crippen molar-refractivity contribution in [1.82, 2.24) is 0 Å². The Morgan fingerprint density at radius 3 is 2.47 bits per heavy atom. The Bertz CT molecular complexity index is 575. The van der Waals surface area contributed by atoms with Crippen molar-refractivity contribution in [3.05, 3.63) is 60.5 Å². The molecule has 0 spiro atoms. The van der Waals surface area contributed by atoms with Crippen LogP contribution >= 0.6 is 0 Å². The molecule has 3 heteroatoms. The number of pyridine rings is 1. The van der Waals surface area contributed by atoms with Gasteiger partial charge in [0.15, 0.2) is 6.17 Å². The van der Waals surface area contributed by atoms with E-state index in [1.54, 1.807) is 0 Å². The fourth-order valence-corrected chi connectivity index (χ4v) is 2.54. The van der Waals surface area contributed by atoms with Crippen LogP contribution in [0.5, 0.6) is 0 Å². The quantitative estimate of drug-likeness (QED) is 0.601. The fourth-order valence-electron chi connectivity index (χ4n) is 2.54. The summed E-state index contributed by atoms with van der Waals surface area (Å²) in [6, 6.07) is 15.0. The van der Waals surface area contributed by atoms with E-state index in [1.165, 1.54) is 23.2 Å². The molecular weight excluding hydrogens is 234 g/mol. The molecule has 0 bridgehead atoms. The first-order valence-electron chi connectivity index (χ1n) is 6.55. The molecule has 0 radical (unpaired) electrons. The van der Waals surface area contributed by atoms with Gasteiger partial charge in [-0.3, -0.25) is 0 Å². The van der Waals surface area contributed by atoms with Gasteiger partial charge in [0.2, 0.25) is 0 Å². The third kappa shape index (κ3) is 2.01. The van der Waals surface area contributed by atoms with Crippen LogP contribution < -0.4 is 14.4 Å². The summed E-state index contributed by atoms with van der Waals surface area (Å²) in [5, 5.41) is 0. The Balaban J connectivity index is 1.89. The van der Waals surface area contributed by atoms with Gasteiger partial charge in [0, 0.05) is 25.5 Å². The summed E-state index contributed by atoms with van der Waals surface area (Å²) in [6.07, 6.45) is 3.38. The van der Waals surface area contributed by atoms with Crippen molar-refractivity contribution in [3.63, 3.8) is 0 Å². The highest BCUT2D eigenvalue weighted by Crippen LogP contribution is 2.27. The van der Waals surface area contributed by atoms with Crippen LogP contribution in [0, 0.1) is 6.17 Å². The third-order valence-electron chi connectivity index (χ3n) is 3.68. The van der Waals surface area contributed by atoms with Gasteiger partial charge in [0.25, 0.3) is 0 Å². The molecule has 1 aromatic carbocycles. The Morgan fingerprint density at radius 2 is 1.84 bits per heavy atom. The lowest BCUT2D eigenvalue weighted by molar-refractivity contribution is -0.652. The van der Waals surface area contributed by atoms with E-state index in [-0.39, 0.29) is 0 Å². The summed E-state index contributed by atoms with van der Waals surface area (Å²) in [5.41, 5.74) is 3.80. The number of nitrogens with zero attached hydrogens (tertiary/aromatic N) is 3. The molecule has 2 heterocycles. The molecule has 0 amide bonds. The van der Waals surface area contributed by atoms with E-state index in [4.69, 9.17) is 0 Å². The van der Waals surface area contributed by atoms with Crippen molar-refractivity contribution < 1.29 is 4.57 Å². The van der Waals surface area contributed by atoms with Crippen LogP contribution in [0.25, 0.3) is 0 Å². The minimum atomic E-state index is 0.938. The van der Waals surface area contributed by atoms with Gasteiger partial charge >= 0.3 is 0 Å². The van der Waals surface area contributed by atoms with Gasteiger partial charge in [-0.25, -0.2) is 0 Å². The average Bonchev–Trinajstić information content (AvgIpc) is 2.77. The maximum absolute atomic E-state index is 2.34. The molecule has 0 atom stereocenters. The van der Waals surface area contributed by atoms with E-state index in [2.05, 4.69) is 84.0 Å². The van der Waals surface area contributed by atoms with Crippen molar-refractivity contribution >= 4 is 11.4 Å². The van der Waals surface area contributed by atoms with Gasteiger partial charge in [-0.1, -0.05) is 18.2 Å². The van der Waals surface area contributed by atoms with Crippen molar-refractivity contribution in [2.45, 2.75) is 13.5 Å². The van der Waals surface area contributed by atoms with Crippen molar-refractivity contribution in [3.8, 4) is 0 Å². The van der Waals surface area contributed by atoms with E-state index in [9.17, 15) is 0 Å². The van der Waals surface area contributed by atoms with Crippen molar-refractivity contribution in [2.75, 3.05) is 23.9 Å². The number of anilines is 2. The fraction of sp³-hybridized carbons (Fsp3) is 0.250. The van der Waals surface area contributed by atoms with Gasteiger partial charge in [-0.2, -0.15) is 0 Å². The van der Waals surface area contributed by atoms with Crippen LogP contribution in [-0.4, -0.2) is 14.1 Å². The smallest absolute Gasteiger partial charge is 0.154 e. The highest BCUT2D eigenvalue weighted by atomic mass is 15.3. The lowest BCUT2D eigenvalue weighted by Gasteiger charge is -2.24. The standard InChI is InChI=1S/C16H19N3/c1-13-18-11-5-4-6-16(18)12-19(13)15-9-7-14(8-10-15)17(2)3/h4-11H,12H2,1-3H3. The molecular formula is C16H19N3. The number of aromatic nitrogens is 1. The lowest BCUT2D eigenvalue weighted by atomic mass is 10.2. The van der Waals surface area contributed by atoms with Crippen LogP contribution in [-0.2, 0) is 6.54 Å². The van der Waals surface area contributed by atoms with E-state index in [0.29, 0.717) is 0 Å². The summed E-state index contributed by atoms with van der Waals surface area (Å²) in [5.74, 6) is 0. The largest absolute Gasteiger partial charge is 0.378 e. The second-order valence-electron chi connectivity index (χ2n) is 5.11. The molecule has 0 N–H and O–H groups in total. The molecule has 98 valence electrons. The Labute approximate surface area is 114 Å². The van der Waals surface area contributed by atoms with Gasteiger partial charge in [-0.15, -0.1) is 0 Å². The summed E-state index contributed by atoms with van der Waals surface area (Å²) < 4.78 is 2.25. The zero-order chi connectivity index (χ0) is 13.4. The number of benzene rings is 1. The molecule has 3 rings (SSSR count). The first-order valence-corrected chi connectivity index (χ1v) is 6.55. The topological polar surface area (TPSA) is 10.4 Å². The number of hydrogen-bond acceptors (Lipinski definition) is 2. The number of fused-ring (bicyclic) bond motifs is 1. The van der Waals surface area contributed by atoms with Crippen LogP contribution in [0.15, 0.2) is 48.7 Å². The van der Waals surface area contributed by atoms with E-state index >= 15 is 0 Å². The average molecular weight is 253 g/mol. The monoisotopic (exact) mass is 253 g/mol. The zero-order valence-electron chi connectivity index (χ0n) is 11.7. The predicted molar refractivity (Wildman–Crippen MR) is 77.9 cm³/mol. The van der Waals surface area contributed by atoms with Crippen LogP contribution in [0.4, 0.5) is 11.4 Å². The first-order chi connectivity index (χ1) is 9.16. The summed E-state index contributed by atoms with van der Waals surface area (Å²) in [7, 11) is 4.13. The molecule has 1 aliphatic heterocycles. The summed E-state index contributed by atoms with van der Waals surface area (Å²) in [6.45, 7) is 3.10. The lowest BCUT2D eigenvalue weighted by Crippen LogP contribution is -2.41. The molecule has 0 unspecified atom stereocenters. The Kier molecular flexibility index (Phi) is 2.82. The minimum absolute atomic E-state index is 0.938. The second-order valence-corrected chi connectivity index (χ2v) is 5.11. The molecule has 3 nitrogen and oxygen atoms in total. The van der Waals surface area contributed by atoms with Crippen molar-refractivity contribution in [1.29, 1.82) is 0 Å². The Morgan fingerprint density at radius 1 is 1.11 bits per heavy atom. The van der Waals surface area contributed by atoms with Crippen LogP contribution in [0.3, 0.4) is 0 Å². The van der Waals surface area contributed by atoms with E-state index in [1.807, 2.05) is 0 Å². The summed E-state index contributed by atoms with van der Waals surface area (Å²) >= 11 is 0. The third-order valence-corrected chi connectivity index (χ3v) is 3.68.